The molecule has 6 heteroatoms. The predicted molar refractivity (Wildman–Crippen MR) is 74.8 cm³/mol. The Morgan fingerprint density at radius 2 is 1.95 bits per heavy atom. The number of hydrogen-bond acceptors (Lipinski definition) is 2. The molecule has 1 aromatic rings. The Morgan fingerprint density at radius 3 is 2.57 bits per heavy atom. The van der Waals surface area contributed by atoms with Crippen molar-refractivity contribution in [3.8, 4) is 0 Å². The minimum Gasteiger partial charge on any atom is -0.364 e. The number of nitrogens with zero attached hydrogens (tertiary/aromatic N) is 1. The molecule has 0 aliphatic carbocycles. The van der Waals surface area contributed by atoms with Crippen molar-refractivity contribution in [2.24, 2.45) is 5.73 Å². The van der Waals surface area contributed by atoms with Crippen LogP contribution in [0.1, 0.15) is 31.7 Å². The van der Waals surface area contributed by atoms with Crippen LogP contribution in [-0.2, 0) is 6.42 Å². The Bertz CT molecular complexity index is 501. The summed E-state index contributed by atoms with van der Waals surface area (Å²) >= 11 is 0. The molecule has 0 amide bonds. The van der Waals surface area contributed by atoms with Crippen LogP contribution in [0.3, 0.4) is 0 Å². The average Bonchev–Trinajstić information content (AvgIpc) is 2.80. The van der Waals surface area contributed by atoms with E-state index in [-0.39, 0.29) is 18.8 Å². The summed E-state index contributed by atoms with van der Waals surface area (Å²) in [6, 6.07) is 4.59. The molecule has 2 rings (SSSR count). The maximum Gasteiger partial charge on any atom is 0.389 e. The van der Waals surface area contributed by atoms with E-state index in [1.165, 1.54) is 12.1 Å². The first kappa shape index (κ1) is 16.1. The maximum absolute atomic E-state index is 13.4. The van der Waals surface area contributed by atoms with E-state index >= 15 is 0 Å². The van der Waals surface area contributed by atoms with Crippen LogP contribution in [0.5, 0.6) is 0 Å². The lowest BCUT2D eigenvalue weighted by atomic mass is 9.92. The average molecular weight is 304 g/mol. The molecule has 1 atom stereocenters. The zero-order chi connectivity index (χ0) is 15.7. The highest BCUT2D eigenvalue weighted by Crippen LogP contribution is 2.37. The van der Waals surface area contributed by atoms with E-state index in [0.29, 0.717) is 13.0 Å². The van der Waals surface area contributed by atoms with Gasteiger partial charge in [0, 0.05) is 30.7 Å². The Labute approximate surface area is 121 Å². The van der Waals surface area contributed by atoms with E-state index in [1.807, 2.05) is 11.8 Å². The van der Waals surface area contributed by atoms with Gasteiger partial charge >= 0.3 is 6.18 Å². The van der Waals surface area contributed by atoms with Gasteiger partial charge in [-0.15, -0.1) is 0 Å². The van der Waals surface area contributed by atoms with Crippen molar-refractivity contribution < 1.29 is 17.6 Å². The number of nitrogens with two attached hydrogens (primary N) is 1. The lowest BCUT2D eigenvalue weighted by molar-refractivity contribution is -0.136. The van der Waals surface area contributed by atoms with E-state index in [0.717, 1.165) is 17.7 Å². The van der Waals surface area contributed by atoms with Crippen molar-refractivity contribution in [2.75, 3.05) is 18.0 Å². The van der Waals surface area contributed by atoms with Crippen LogP contribution in [0.2, 0.25) is 0 Å². The first-order valence-corrected chi connectivity index (χ1v) is 7.08. The number of rotatable bonds is 5. The highest BCUT2D eigenvalue weighted by atomic mass is 19.4. The minimum absolute atomic E-state index is 0.0261. The third-order valence-corrected chi connectivity index (χ3v) is 4.21. The highest BCUT2D eigenvalue weighted by molar-refractivity contribution is 5.60. The fourth-order valence-electron chi connectivity index (χ4n) is 2.93. The fraction of sp³-hybridized carbons (Fsp3) is 0.600. The van der Waals surface area contributed by atoms with Crippen LogP contribution in [0.4, 0.5) is 23.2 Å². The van der Waals surface area contributed by atoms with Gasteiger partial charge in [0.1, 0.15) is 5.82 Å². The number of benzene rings is 1. The van der Waals surface area contributed by atoms with Gasteiger partial charge in [0.2, 0.25) is 0 Å². The van der Waals surface area contributed by atoms with Gasteiger partial charge in [-0.05, 0) is 43.9 Å². The van der Waals surface area contributed by atoms with Crippen molar-refractivity contribution in [1.29, 1.82) is 0 Å². The number of halogens is 4. The minimum atomic E-state index is -4.15. The van der Waals surface area contributed by atoms with Crippen LogP contribution in [0.15, 0.2) is 18.2 Å². The van der Waals surface area contributed by atoms with Crippen LogP contribution in [0, 0.1) is 5.82 Å². The molecular formula is C15H20F4N2. The normalized spacial score (nSPS) is 17.7. The smallest absolute Gasteiger partial charge is 0.364 e. The first-order valence-electron chi connectivity index (χ1n) is 7.08. The summed E-state index contributed by atoms with van der Waals surface area (Å²) in [6.07, 6.45) is -3.83. The van der Waals surface area contributed by atoms with Crippen molar-refractivity contribution in [3.63, 3.8) is 0 Å². The van der Waals surface area contributed by atoms with Gasteiger partial charge in [0.05, 0.1) is 0 Å². The van der Waals surface area contributed by atoms with E-state index in [4.69, 9.17) is 5.73 Å². The summed E-state index contributed by atoms with van der Waals surface area (Å²) in [7, 11) is 0. The quantitative estimate of drug-likeness (QED) is 0.842. The number of alkyl halides is 3. The highest BCUT2D eigenvalue weighted by Gasteiger charge is 2.36. The molecule has 118 valence electrons. The third kappa shape index (κ3) is 3.67. The second-order valence-corrected chi connectivity index (χ2v) is 5.84. The zero-order valence-corrected chi connectivity index (χ0v) is 12.0. The molecule has 1 aliphatic rings. The molecule has 1 heterocycles. The third-order valence-electron chi connectivity index (χ3n) is 4.21. The summed E-state index contributed by atoms with van der Waals surface area (Å²) in [5.41, 5.74) is 7.02. The Hall–Kier alpha value is -1.30. The summed E-state index contributed by atoms with van der Waals surface area (Å²) in [5.74, 6) is -0.338. The van der Waals surface area contributed by atoms with Gasteiger partial charge in [-0.2, -0.15) is 13.2 Å². The van der Waals surface area contributed by atoms with Gasteiger partial charge in [-0.25, -0.2) is 4.39 Å². The number of fused-ring (bicyclic) bond motifs is 1. The van der Waals surface area contributed by atoms with Crippen LogP contribution in [0.25, 0.3) is 0 Å². The van der Waals surface area contributed by atoms with Crippen molar-refractivity contribution in [3.05, 3.63) is 29.6 Å². The SMILES string of the molecule is CC(CN)(CCCC(F)(F)F)N1CCc2ccc(F)cc21. The second-order valence-electron chi connectivity index (χ2n) is 5.84. The molecule has 2 nitrogen and oxygen atoms in total. The van der Waals surface area contributed by atoms with Crippen LogP contribution < -0.4 is 10.6 Å². The zero-order valence-electron chi connectivity index (χ0n) is 12.0. The molecule has 0 saturated carbocycles. The lowest BCUT2D eigenvalue weighted by Crippen LogP contribution is -2.51. The topological polar surface area (TPSA) is 29.3 Å². The van der Waals surface area contributed by atoms with E-state index in [1.54, 1.807) is 6.07 Å². The number of hydrogen-bond donors (Lipinski definition) is 1. The summed E-state index contributed by atoms with van der Waals surface area (Å²) < 4.78 is 50.4. The standard InChI is InChI=1S/C15H20F4N2/c1-14(10-20,6-2-7-15(17,18)19)21-8-5-11-3-4-12(16)9-13(11)21/h3-4,9H,2,5-8,10,20H2,1H3. The Morgan fingerprint density at radius 1 is 1.24 bits per heavy atom. The van der Waals surface area contributed by atoms with Gasteiger partial charge < -0.3 is 10.6 Å². The molecule has 0 spiro atoms. The molecule has 21 heavy (non-hydrogen) atoms. The second kappa shape index (κ2) is 5.83. The maximum atomic E-state index is 13.4. The molecular weight excluding hydrogens is 284 g/mol. The Balaban J connectivity index is 2.13. The van der Waals surface area contributed by atoms with Gasteiger partial charge in [-0.1, -0.05) is 6.07 Å². The fourth-order valence-corrected chi connectivity index (χ4v) is 2.93. The van der Waals surface area contributed by atoms with E-state index in [2.05, 4.69) is 0 Å². The molecule has 2 N–H and O–H groups in total. The van der Waals surface area contributed by atoms with Gasteiger partial charge in [-0.3, -0.25) is 0 Å². The molecule has 0 fully saturated rings. The molecule has 0 saturated heterocycles. The van der Waals surface area contributed by atoms with Crippen LogP contribution in [-0.4, -0.2) is 24.8 Å². The van der Waals surface area contributed by atoms with Gasteiger partial charge in [0.15, 0.2) is 0 Å². The monoisotopic (exact) mass is 304 g/mol. The molecule has 0 bridgehead atoms. The molecule has 1 aliphatic heterocycles. The lowest BCUT2D eigenvalue weighted by Gasteiger charge is -2.40. The summed E-state index contributed by atoms with van der Waals surface area (Å²) in [6.45, 7) is 2.75. The molecule has 1 aromatic carbocycles. The largest absolute Gasteiger partial charge is 0.389 e. The van der Waals surface area contributed by atoms with Crippen molar-refractivity contribution in [1.82, 2.24) is 0 Å². The van der Waals surface area contributed by atoms with E-state index in [9.17, 15) is 17.6 Å². The molecule has 0 aromatic heterocycles. The summed E-state index contributed by atoms with van der Waals surface area (Å²) in [4.78, 5) is 1.96. The van der Waals surface area contributed by atoms with Crippen LogP contribution >= 0.6 is 0 Å². The predicted octanol–water partition coefficient (Wildman–Crippen LogP) is 3.64. The first-order chi connectivity index (χ1) is 9.75. The van der Waals surface area contributed by atoms with E-state index < -0.39 is 18.1 Å². The Kier molecular flexibility index (Phi) is 4.46. The molecule has 0 radical (unpaired) electrons. The molecule has 1 unspecified atom stereocenters. The van der Waals surface area contributed by atoms with Crippen molar-refractivity contribution >= 4 is 5.69 Å². The number of anilines is 1. The summed E-state index contributed by atoms with van der Waals surface area (Å²) in [5, 5.41) is 0. The van der Waals surface area contributed by atoms with Crippen molar-refractivity contribution in [2.45, 2.75) is 44.3 Å². The van der Waals surface area contributed by atoms with Gasteiger partial charge in [0.25, 0.3) is 0 Å².